The summed E-state index contributed by atoms with van der Waals surface area (Å²) >= 11 is 0. The van der Waals surface area contributed by atoms with Crippen molar-refractivity contribution in [3.63, 3.8) is 0 Å². The summed E-state index contributed by atoms with van der Waals surface area (Å²) in [5, 5.41) is 20.1. The minimum atomic E-state index is -5.73. The average Bonchev–Trinajstić information content (AvgIpc) is 2.81. The highest BCUT2D eigenvalue weighted by atomic mass is 31.3. The Morgan fingerprint density at radius 2 is 1.67 bits per heavy atom. The van der Waals surface area contributed by atoms with Crippen molar-refractivity contribution >= 4 is 23.5 Å². The molecule has 20 heteroatoms. The summed E-state index contributed by atoms with van der Waals surface area (Å²) in [6.45, 7) is -1.04. The number of hydrogen-bond acceptors (Lipinski definition) is 11. The maximum absolute atomic E-state index is 11.9. The van der Waals surface area contributed by atoms with E-state index in [2.05, 4.69) is 13.1 Å². The zero-order valence-corrected chi connectivity index (χ0v) is 17.4. The summed E-state index contributed by atoms with van der Waals surface area (Å²) in [5.74, 6) is 0. The van der Waals surface area contributed by atoms with Crippen molar-refractivity contribution in [1.82, 2.24) is 9.55 Å². The third-order valence-corrected chi connectivity index (χ3v) is 7.43. The van der Waals surface area contributed by atoms with Crippen LogP contribution in [-0.2, 0) is 38.6 Å². The zero-order valence-electron chi connectivity index (χ0n) is 14.7. The van der Waals surface area contributed by atoms with Gasteiger partial charge in [-0.3, -0.25) is 14.3 Å². The van der Waals surface area contributed by atoms with E-state index in [-0.39, 0.29) is 5.56 Å². The molecule has 4 unspecified atom stereocenters. The van der Waals surface area contributed by atoms with Crippen molar-refractivity contribution in [2.75, 3.05) is 6.61 Å². The Morgan fingerprint density at radius 1 is 1.07 bits per heavy atom. The molecule has 1 saturated heterocycles. The van der Waals surface area contributed by atoms with Gasteiger partial charge in [0.1, 0.15) is 24.4 Å². The summed E-state index contributed by atoms with van der Waals surface area (Å²) in [7, 11) is -15.5. The van der Waals surface area contributed by atoms with Crippen molar-refractivity contribution in [2.24, 2.45) is 7.05 Å². The van der Waals surface area contributed by atoms with E-state index in [0.29, 0.717) is 0 Å². The molecule has 172 valence electrons. The number of aromatic amines is 1. The molecule has 0 bridgehead atoms. The highest BCUT2D eigenvalue weighted by molar-refractivity contribution is 7.66. The molecule has 0 spiro atoms. The molecule has 1 aromatic rings. The van der Waals surface area contributed by atoms with Crippen LogP contribution in [0.4, 0.5) is 0 Å². The van der Waals surface area contributed by atoms with E-state index in [9.17, 15) is 38.4 Å². The predicted molar refractivity (Wildman–Crippen MR) is 91.7 cm³/mol. The van der Waals surface area contributed by atoms with E-state index in [1.54, 1.807) is 0 Å². The number of aliphatic hydroxyl groups excluding tert-OH is 2. The molecule has 0 saturated carbocycles. The zero-order chi connectivity index (χ0) is 23.1. The largest absolute Gasteiger partial charge is 0.490 e. The Morgan fingerprint density at radius 3 is 2.23 bits per heavy atom. The molecule has 0 amide bonds. The van der Waals surface area contributed by atoms with Crippen molar-refractivity contribution in [3.05, 3.63) is 32.6 Å². The van der Waals surface area contributed by atoms with Gasteiger partial charge < -0.3 is 39.1 Å². The number of hydrogen-bond donors (Lipinski definition) is 7. The van der Waals surface area contributed by atoms with Crippen LogP contribution in [0.5, 0.6) is 0 Å². The summed E-state index contributed by atoms with van der Waals surface area (Å²) in [4.78, 5) is 60.6. The van der Waals surface area contributed by atoms with Crippen LogP contribution >= 0.6 is 23.5 Å². The Bertz CT molecular complexity index is 1040. The minimum absolute atomic E-state index is 0.260. The average molecular weight is 498 g/mol. The molecule has 17 nitrogen and oxygen atoms in total. The molecule has 6 atom stereocenters. The van der Waals surface area contributed by atoms with Gasteiger partial charge in [0.25, 0.3) is 5.56 Å². The fraction of sp³-hybridized carbons (Fsp3) is 0.600. The molecule has 7 N–H and O–H groups in total. The number of aromatic nitrogens is 2. The predicted octanol–water partition coefficient (Wildman–Crippen LogP) is -2.42. The Labute approximate surface area is 165 Å². The van der Waals surface area contributed by atoms with Gasteiger partial charge in [0.05, 0.1) is 12.2 Å². The number of phosphoric ester groups is 1. The van der Waals surface area contributed by atoms with Gasteiger partial charge in [-0.25, -0.2) is 18.5 Å². The van der Waals surface area contributed by atoms with E-state index in [4.69, 9.17) is 19.4 Å². The number of nitrogens with zero attached hydrogens (tertiary/aromatic N) is 1. The molecule has 0 radical (unpaired) electrons. The number of nitrogens with one attached hydrogen (secondary N) is 1. The highest BCUT2D eigenvalue weighted by Crippen LogP contribution is 2.66. The summed E-state index contributed by atoms with van der Waals surface area (Å²) in [6.07, 6.45) is -5.53. The van der Waals surface area contributed by atoms with Crippen LogP contribution in [0.2, 0.25) is 0 Å². The van der Waals surface area contributed by atoms with Crippen LogP contribution in [0, 0.1) is 0 Å². The molecule has 1 aliphatic heterocycles. The van der Waals surface area contributed by atoms with E-state index >= 15 is 0 Å². The monoisotopic (exact) mass is 498 g/mol. The molecule has 2 rings (SSSR count). The normalized spacial score (nSPS) is 28.8. The van der Waals surface area contributed by atoms with Gasteiger partial charge in [0.15, 0.2) is 0 Å². The topological polar surface area (TPSA) is 264 Å². The van der Waals surface area contributed by atoms with Gasteiger partial charge in [-0.2, -0.15) is 8.62 Å². The number of H-pyrrole nitrogens is 1. The molecule has 1 aromatic heterocycles. The van der Waals surface area contributed by atoms with E-state index < -0.39 is 65.7 Å². The lowest BCUT2D eigenvalue weighted by Crippen LogP contribution is -2.35. The summed E-state index contributed by atoms with van der Waals surface area (Å²) in [6, 6.07) is 0. The quantitative estimate of drug-likeness (QED) is 0.184. The van der Waals surface area contributed by atoms with Crippen molar-refractivity contribution < 1.29 is 61.4 Å². The summed E-state index contributed by atoms with van der Waals surface area (Å²) in [5.41, 5.74) is -1.95. The third kappa shape index (κ3) is 6.48. The number of aliphatic hydroxyl groups is 2. The summed E-state index contributed by atoms with van der Waals surface area (Å²) < 4.78 is 51.1. The molecule has 2 heterocycles. The van der Waals surface area contributed by atoms with Gasteiger partial charge in [0.2, 0.25) is 0 Å². The Balaban J connectivity index is 2.09. The van der Waals surface area contributed by atoms with Crippen LogP contribution in [0.3, 0.4) is 0 Å². The molecule has 1 fully saturated rings. The van der Waals surface area contributed by atoms with Crippen LogP contribution in [-0.4, -0.2) is 64.3 Å². The molecule has 0 aliphatic carbocycles. The molecule has 1 aliphatic rings. The first-order valence-electron chi connectivity index (χ1n) is 7.61. The second kappa shape index (κ2) is 8.84. The fourth-order valence-corrected chi connectivity index (χ4v) is 5.43. The lowest BCUT2D eigenvalue weighted by molar-refractivity contribution is -0.0228. The first kappa shape index (κ1) is 25.2. The Kier molecular flexibility index (Phi) is 7.44. The molecule has 0 aromatic carbocycles. The van der Waals surface area contributed by atoms with Crippen molar-refractivity contribution in [2.45, 2.75) is 24.4 Å². The minimum Gasteiger partial charge on any atom is -0.387 e. The van der Waals surface area contributed by atoms with Crippen molar-refractivity contribution in [1.29, 1.82) is 0 Å². The van der Waals surface area contributed by atoms with Gasteiger partial charge in [-0.1, -0.05) is 0 Å². The third-order valence-electron chi connectivity index (χ3n) is 3.62. The van der Waals surface area contributed by atoms with Crippen LogP contribution in [0.1, 0.15) is 11.7 Å². The highest BCUT2D eigenvalue weighted by Gasteiger charge is 2.47. The fourth-order valence-electron chi connectivity index (χ4n) is 2.40. The van der Waals surface area contributed by atoms with Gasteiger partial charge in [-0.05, 0) is 0 Å². The first-order valence-corrected chi connectivity index (χ1v) is 12.1. The number of aryl methyl sites for hydroxylation is 1. The van der Waals surface area contributed by atoms with Gasteiger partial charge in [0, 0.05) is 13.2 Å². The van der Waals surface area contributed by atoms with Crippen LogP contribution in [0.25, 0.3) is 0 Å². The van der Waals surface area contributed by atoms with E-state index in [1.807, 2.05) is 4.98 Å². The lowest BCUT2D eigenvalue weighted by Gasteiger charge is -2.19. The standard InChI is InChI=1S/C10H17N2O15P3/c1-12-2-4(9(15)11-10(12)16)8-7(14)6(13)5(25-8)3-24-29(20,21)27-30(22,23)26-28(17,18)19/h2,5-8,13-14H,3H2,1H3,(H,20,21)(H,22,23)(H,11,15,16)(H2,17,18,19)/t5-,6?,7?,8+/m1/s1. The van der Waals surface area contributed by atoms with E-state index in [0.717, 1.165) is 10.8 Å². The number of rotatable bonds is 8. The lowest BCUT2D eigenvalue weighted by atomic mass is 10.0. The van der Waals surface area contributed by atoms with Gasteiger partial charge in [-0.15, -0.1) is 0 Å². The maximum atomic E-state index is 11.9. The maximum Gasteiger partial charge on any atom is 0.490 e. The molecular formula is C10H17N2O15P3. The first-order chi connectivity index (χ1) is 13.5. The molecule has 30 heavy (non-hydrogen) atoms. The SMILES string of the molecule is Cn1cc([C@@H]2O[C@H](COP(=O)(O)OP(=O)(O)OP(=O)(O)O)C(O)C2O)c(=O)[nH]c1=O. The smallest absolute Gasteiger partial charge is 0.387 e. The Hall–Kier alpha value is -1.03. The number of phosphoric acid groups is 3. The van der Waals surface area contributed by atoms with E-state index in [1.165, 1.54) is 7.05 Å². The van der Waals surface area contributed by atoms with Gasteiger partial charge >= 0.3 is 29.2 Å². The second-order valence-corrected chi connectivity index (χ2v) is 10.3. The number of ether oxygens (including phenoxy) is 1. The van der Waals surface area contributed by atoms with Crippen LogP contribution < -0.4 is 11.2 Å². The van der Waals surface area contributed by atoms with Crippen molar-refractivity contribution in [3.8, 4) is 0 Å². The second-order valence-electron chi connectivity index (χ2n) is 5.92. The molecular weight excluding hydrogens is 481 g/mol. The van der Waals surface area contributed by atoms with Crippen LogP contribution in [0.15, 0.2) is 15.8 Å².